The van der Waals surface area contributed by atoms with Gasteiger partial charge in [0.25, 0.3) is 0 Å². The second-order valence-electron chi connectivity index (χ2n) is 5.22. The number of rotatable bonds is 6. The zero-order chi connectivity index (χ0) is 18.5. The van der Waals surface area contributed by atoms with Crippen molar-refractivity contribution in [1.82, 2.24) is 0 Å². The molecule has 0 bridgehead atoms. The first-order chi connectivity index (χ1) is 12.7. The van der Waals surface area contributed by atoms with E-state index in [9.17, 15) is 10.5 Å². The van der Waals surface area contributed by atoms with Gasteiger partial charge in [0.2, 0.25) is 0 Å². The molecule has 0 unspecified atom stereocenters. The number of nitrogens with zero attached hydrogens (tertiary/aromatic N) is 2. The second-order valence-corrected chi connectivity index (χ2v) is 5.98. The van der Waals surface area contributed by atoms with Gasteiger partial charge in [0.1, 0.15) is 46.5 Å². The largest absolute Gasteiger partial charge is 0.485 e. The van der Waals surface area contributed by atoms with E-state index in [2.05, 4.69) is 0 Å². The fraction of sp³-hybridized carbons (Fsp3) is 0.500. The molecule has 8 nitrogen and oxygen atoms in total. The van der Waals surface area contributed by atoms with Crippen molar-refractivity contribution in [1.29, 1.82) is 10.5 Å². The maximum absolute atomic E-state index is 9.49. The van der Waals surface area contributed by atoms with Crippen LogP contribution in [0.3, 0.4) is 0 Å². The molecule has 2 heterocycles. The molecule has 2 fully saturated rings. The lowest BCUT2D eigenvalue weighted by Crippen LogP contribution is -2.20. The summed E-state index contributed by atoms with van der Waals surface area (Å²) in [5.41, 5.74) is -0.161. The average molecular weight is 401 g/mol. The topological polar surface area (TPSA) is 103 Å². The summed E-state index contributed by atoms with van der Waals surface area (Å²) >= 11 is 12.5. The van der Waals surface area contributed by atoms with Gasteiger partial charge in [0.15, 0.2) is 24.1 Å². The zero-order valence-electron chi connectivity index (χ0n) is 13.5. The molecule has 0 radical (unpaired) electrons. The molecule has 138 valence electrons. The first-order valence-electron chi connectivity index (χ1n) is 7.72. The quantitative estimate of drug-likeness (QED) is 0.715. The summed E-state index contributed by atoms with van der Waals surface area (Å²) in [5, 5.41) is 18.9. The van der Waals surface area contributed by atoms with Crippen molar-refractivity contribution in [3.05, 3.63) is 21.2 Å². The summed E-state index contributed by atoms with van der Waals surface area (Å²) in [5.74, 6) is -0.0360. The smallest absolute Gasteiger partial charge is 0.191 e. The van der Waals surface area contributed by atoms with Crippen molar-refractivity contribution in [3.8, 4) is 23.6 Å². The standard InChI is InChI=1S/C16H14Cl2N2O6/c17-13-14(18)16(26-8-12-23-3-4-24-12)10(6-20)9(5-19)15(13)25-7-11-21-1-2-22-11/h11-12H,1-4,7-8H2. The van der Waals surface area contributed by atoms with Crippen LogP contribution in [0.1, 0.15) is 11.1 Å². The summed E-state index contributed by atoms with van der Waals surface area (Å²) in [6, 6.07) is 3.82. The van der Waals surface area contributed by atoms with E-state index in [4.69, 9.17) is 51.6 Å². The van der Waals surface area contributed by atoms with Crippen LogP contribution < -0.4 is 9.47 Å². The van der Waals surface area contributed by atoms with Crippen molar-refractivity contribution >= 4 is 23.2 Å². The van der Waals surface area contributed by atoms with Gasteiger partial charge in [-0.2, -0.15) is 10.5 Å². The van der Waals surface area contributed by atoms with Crippen LogP contribution in [0.25, 0.3) is 0 Å². The lowest BCUT2D eigenvalue weighted by Gasteiger charge is -2.18. The van der Waals surface area contributed by atoms with Gasteiger partial charge >= 0.3 is 0 Å². The third kappa shape index (κ3) is 3.97. The van der Waals surface area contributed by atoms with Gasteiger partial charge < -0.3 is 28.4 Å². The van der Waals surface area contributed by atoms with Gasteiger partial charge in [0.05, 0.1) is 26.4 Å². The number of hydrogen-bond donors (Lipinski definition) is 0. The minimum absolute atomic E-state index is 0.000441. The van der Waals surface area contributed by atoms with Crippen LogP contribution in [-0.2, 0) is 18.9 Å². The van der Waals surface area contributed by atoms with Crippen LogP contribution in [0, 0.1) is 22.7 Å². The Kier molecular flexibility index (Phi) is 6.38. The van der Waals surface area contributed by atoms with Crippen LogP contribution in [-0.4, -0.2) is 52.2 Å². The molecule has 0 amide bonds. The Balaban J connectivity index is 1.86. The molecule has 3 rings (SSSR count). The van der Waals surface area contributed by atoms with E-state index in [1.165, 1.54) is 0 Å². The lowest BCUT2D eigenvalue weighted by molar-refractivity contribution is -0.0691. The molecule has 0 spiro atoms. The average Bonchev–Trinajstić information content (AvgIpc) is 3.35. The Labute approximate surface area is 159 Å². The number of nitriles is 2. The predicted molar refractivity (Wildman–Crippen MR) is 88.3 cm³/mol. The molecule has 0 saturated carbocycles. The van der Waals surface area contributed by atoms with E-state index in [1.807, 2.05) is 12.1 Å². The second kappa shape index (κ2) is 8.74. The third-order valence-corrected chi connectivity index (χ3v) is 4.45. The molecule has 0 atom stereocenters. The number of benzene rings is 1. The van der Waals surface area contributed by atoms with E-state index >= 15 is 0 Å². The SMILES string of the molecule is N#Cc1c(C#N)c(OCC2OCCO2)c(Cl)c(Cl)c1OCC1OCCO1. The number of ether oxygens (including phenoxy) is 6. The molecule has 26 heavy (non-hydrogen) atoms. The lowest BCUT2D eigenvalue weighted by atomic mass is 10.1. The summed E-state index contributed by atoms with van der Waals surface area (Å²) < 4.78 is 32.2. The van der Waals surface area contributed by atoms with Gasteiger partial charge in [-0.3, -0.25) is 0 Å². The van der Waals surface area contributed by atoms with Crippen molar-refractivity contribution in [2.24, 2.45) is 0 Å². The highest BCUT2D eigenvalue weighted by atomic mass is 35.5. The van der Waals surface area contributed by atoms with Crippen LogP contribution in [0.5, 0.6) is 11.5 Å². The predicted octanol–water partition coefficient (Wildman–Crippen LogP) is 2.24. The Morgan fingerprint density at radius 3 is 1.42 bits per heavy atom. The molecule has 1 aromatic rings. The van der Waals surface area contributed by atoms with Crippen molar-refractivity contribution < 1.29 is 28.4 Å². The minimum Gasteiger partial charge on any atom is -0.485 e. The number of halogens is 2. The van der Waals surface area contributed by atoms with E-state index in [0.717, 1.165) is 0 Å². The highest BCUT2D eigenvalue weighted by molar-refractivity contribution is 6.44. The molecule has 2 saturated heterocycles. The molecular weight excluding hydrogens is 387 g/mol. The first kappa shape index (κ1) is 19.0. The normalized spacial score (nSPS) is 17.8. The van der Waals surface area contributed by atoms with Crippen LogP contribution in [0.4, 0.5) is 0 Å². The maximum atomic E-state index is 9.49. The molecule has 10 heteroatoms. The Morgan fingerprint density at radius 1 is 0.769 bits per heavy atom. The summed E-state index contributed by atoms with van der Waals surface area (Å²) in [6.07, 6.45) is -1.15. The van der Waals surface area contributed by atoms with Gasteiger partial charge in [-0.25, -0.2) is 0 Å². The fourth-order valence-electron chi connectivity index (χ4n) is 2.44. The van der Waals surface area contributed by atoms with Crippen molar-refractivity contribution in [2.75, 3.05) is 39.6 Å². The zero-order valence-corrected chi connectivity index (χ0v) is 15.0. The maximum Gasteiger partial charge on any atom is 0.191 e. The molecule has 2 aliphatic rings. The first-order valence-corrected chi connectivity index (χ1v) is 8.48. The fourth-order valence-corrected chi connectivity index (χ4v) is 2.91. The van der Waals surface area contributed by atoms with E-state index < -0.39 is 12.6 Å². The van der Waals surface area contributed by atoms with Gasteiger partial charge in [-0.05, 0) is 0 Å². The van der Waals surface area contributed by atoms with Crippen molar-refractivity contribution in [2.45, 2.75) is 12.6 Å². The van der Waals surface area contributed by atoms with Gasteiger partial charge in [0, 0.05) is 0 Å². The summed E-state index contributed by atoms with van der Waals surface area (Å²) in [4.78, 5) is 0. The van der Waals surface area contributed by atoms with Gasteiger partial charge in [-0.1, -0.05) is 23.2 Å². The van der Waals surface area contributed by atoms with Crippen LogP contribution in [0.15, 0.2) is 0 Å². The third-order valence-electron chi connectivity index (χ3n) is 3.63. The van der Waals surface area contributed by atoms with Crippen LogP contribution in [0.2, 0.25) is 10.0 Å². The molecular formula is C16H14Cl2N2O6. The minimum atomic E-state index is -0.575. The van der Waals surface area contributed by atoms with E-state index in [1.54, 1.807) is 0 Å². The van der Waals surface area contributed by atoms with Gasteiger partial charge in [-0.15, -0.1) is 0 Å². The van der Waals surface area contributed by atoms with E-state index in [0.29, 0.717) is 26.4 Å². The van der Waals surface area contributed by atoms with Crippen molar-refractivity contribution in [3.63, 3.8) is 0 Å². The molecule has 0 aliphatic carbocycles. The monoisotopic (exact) mass is 400 g/mol. The molecule has 0 N–H and O–H groups in total. The Hall–Kier alpha value is -1.78. The molecule has 2 aliphatic heterocycles. The summed E-state index contributed by atoms with van der Waals surface area (Å²) in [6.45, 7) is 1.81. The molecule has 1 aromatic carbocycles. The highest BCUT2D eigenvalue weighted by Gasteiger charge is 2.28. The Bertz CT molecular complexity index is 686. The summed E-state index contributed by atoms with van der Waals surface area (Å²) in [7, 11) is 0. The van der Waals surface area contributed by atoms with Crippen LogP contribution >= 0.6 is 23.2 Å². The highest BCUT2D eigenvalue weighted by Crippen LogP contribution is 2.45. The van der Waals surface area contributed by atoms with E-state index in [-0.39, 0.29) is 45.9 Å². The Morgan fingerprint density at radius 2 is 1.12 bits per heavy atom. The number of hydrogen-bond acceptors (Lipinski definition) is 8. The molecule has 0 aromatic heterocycles.